The molecule has 0 fully saturated rings. The first kappa shape index (κ1) is 28.0. The molecule has 0 spiro atoms. The number of carbonyl (C=O) groups is 1. The molecule has 0 amide bonds. The number of aromatic nitrogens is 2. The number of fused-ring (bicyclic) bond motifs is 1. The third-order valence-electron chi connectivity index (χ3n) is 3.55. The van der Waals surface area contributed by atoms with Crippen molar-refractivity contribution in [2.75, 3.05) is 0 Å². The Morgan fingerprint density at radius 1 is 1.23 bits per heavy atom. The van der Waals surface area contributed by atoms with E-state index in [1.165, 1.54) is 18.2 Å². The topological polar surface area (TPSA) is 210 Å². The van der Waals surface area contributed by atoms with Crippen LogP contribution in [0, 0.1) is 0 Å². The van der Waals surface area contributed by atoms with E-state index in [4.69, 9.17) is 5.11 Å². The van der Waals surface area contributed by atoms with Gasteiger partial charge in [0.1, 0.15) is 21.4 Å². The van der Waals surface area contributed by atoms with Gasteiger partial charge in [0, 0.05) is 10.3 Å². The molecule has 3 rings (SSSR count). The molecule has 0 bridgehead atoms. The normalized spacial score (nSPS) is 11.3. The Morgan fingerprint density at radius 2 is 1.94 bits per heavy atom. The number of nitrogens with zero attached hydrogens (tertiary/aromatic N) is 3. The number of aromatic carboxylic acids is 1. The van der Waals surface area contributed by atoms with E-state index in [9.17, 15) is 28.1 Å². The van der Waals surface area contributed by atoms with Crippen LogP contribution in [0.1, 0.15) is 10.4 Å². The summed E-state index contributed by atoms with van der Waals surface area (Å²) < 4.78 is 38.7. The van der Waals surface area contributed by atoms with E-state index in [0.29, 0.717) is 16.9 Å². The summed E-state index contributed by atoms with van der Waals surface area (Å²) in [6, 6.07) is 5.05. The number of hydrogen-bond acceptors (Lipinski definition) is 12. The summed E-state index contributed by atoms with van der Waals surface area (Å²) in [6.45, 7) is 0. The van der Waals surface area contributed by atoms with Gasteiger partial charge in [-0.25, -0.2) is 13.2 Å². The zero-order valence-electron chi connectivity index (χ0n) is 15.8. The Bertz CT molecular complexity index is 1230. The average molecular weight is 486 g/mol. The van der Waals surface area contributed by atoms with Crippen LogP contribution < -0.4 is 64.4 Å². The maximum absolute atomic E-state index is 11.5. The van der Waals surface area contributed by atoms with Crippen molar-refractivity contribution in [1.82, 2.24) is 10.2 Å². The molecular weight excluding hydrogens is 478 g/mol. The zero-order chi connectivity index (χ0) is 21.2. The van der Waals surface area contributed by atoms with E-state index in [1.807, 2.05) is 0 Å². The van der Waals surface area contributed by atoms with E-state index in [0.717, 1.165) is 12.3 Å². The first-order valence-corrected chi connectivity index (χ1v) is 9.44. The van der Waals surface area contributed by atoms with Gasteiger partial charge in [0.25, 0.3) is 0 Å². The molecule has 0 saturated carbocycles. The minimum absolute atomic E-state index is 0. The number of phenolic OH excluding ortho intramolecular Hbond substituents is 1. The van der Waals surface area contributed by atoms with Gasteiger partial charge in [-0.05, 0) is 23.6 Å². The van der Waals surface area contributed by atoms with Crippen molar-refractivity contribution in [3.8, 4) is 5.75 Å². The van der Waals surface area contributed by atoms with Crippen LogP contribution in [0.2, 0.25) is 0 Å². The molecule has 31 heavy (non-hydrogen) atoms. The van der Waals surface area contributed by atoms with Gasteiger partial charge in [-0.15, -0.1) is 10.2 Å². The second-order valence-corrected chi connectivity index (χ2v) is 7.39. The van der Waals surface area contributed by atoms with Crippen molar-refractivity contribution < 1.29 is 102 Å². The van der Waals surface area contributed by atoms with Crippen LogP contribution in [0.5, 0.6) is 5.75 Å². The Hall–Kier alpha value is -1.08. The number of aromatic amines is 1. The first-order valence-electron chi connectivity index (χ1n) is 7.29. The number of benzene rings is 2. The molecule has 2 aromatic carbocycles. The summed E-state index contributed by atoms with van der Waals surface area (Å²) in [5.74, 6) is -2.58. The maximum Gasteiger partial charge on any atom is 1.00 e. The Morgan fingerprint density at radius 3 is 2.55 bits per heavy atom. The summed E-state index contributed by atoms with van der Waals surface area (Å²) in [7, 11) is -5.10. The summed E-state index contributed by atoms with van der Waals surface area (Å²) in [4.78, 5) is 10.4. The summed E-state index contributed by atoms with van der Waals surface area (Å²) in [5, 5.41) is 46.0. The van der Waals surface area contributed by atoms with Gasteiger partial charge in [-0.2, -0.15) is 9.43 Å². The fourth-order valence-electron chi connectivity index (χ4n) is 2.34. The van der Waals surface area contributed by atoms with Crippen LogP contribution in [-0.4, -0.2) is 39.4 Å². The van der Waals surface area contributed by atoms with Crippen LogP contribution in [0.3, 0.4) is 0 Å². The first-order chi connectivity index (χ1) is 13.7. The van der Waals surface area contributed by atoms with E-state index in [-0.39, 0.29) is 81.3 Å². The fourth-order valence-corrected chi connectivity index (χ4v) is 3.35. The second kappa shape index (κ2) is 11.7. The Balaban J connectivity index is 0.00000240. The molecule has 3 aromatic rings. The molecule has 0 radical (unpaired) electrons. The molecule has 152 valence electrons. The molecule has 0 aliphatic carbocycles. The fraction of sp³-hybridized carbons (Fsp3) is 0. The van der Waals surface area contributed by atoms with Crippen molar-refractivity contribution >= 4 is 50.4 Å². The van der Waals surface area contributed by atoms with E-state index in [2.05, 4.69) is 29.8 Å². The quantitative estimate of drug-likeness (QED) is 0.0724. The van der Waals surface area contributed by atoms with Crippen molar-refractivity contribution in [1.29, 1.82) is 0 Å². The third-order valence-corrected chi connectivity index (χ3v) is 4.97. The third kappa shape index (κ3) is 6.47. The standard InChI is InChI=1S/C14H10N4O9S2.2Na/c19-12-10(29(23,24)25)4-6-3-7(28-27-26-22)1-2-8(6)11(12)16-18-13-9(14(20)21)5-15-17-13;;/h1-5,19,22H,(H,15,17)(H,20,21)(H,23,24,25);;/q;2*+1/p-2. The molecule has 0 aliphatic heterocycles. The SMILES string of the molecule is O=C(O)c1cn[nH]c1N=Nc1c(O)c(S(=O)(=O)[O-])cc2cc(SOO[O-])ccc12.[Na+].[Na+]. The van der Waals surface area contributed by atoms with Crippen molar-refractivity contribution in [3.05, 3.63) is 36.0 Å². The molecule has 0 saturated heterocycles. The van der Waals surface area contributed by atoms with Crippen LogP contribution in [0.4, 0.5) is 11.5 Å². The van der Waals surface area contributed by atoms with Crippen LogP contribution >= 0.6 is 12.0 Å². The molecule has 0 atom stereocenters. The number of aromatic hydroxyl groups is 1. The van der Waals surface area contributed by atoms with Gasteiger partial charge < -0.3 is 20.0 Å². The number of phenols is 1. The van der Waals surface area contributed by atoms with Gasteiger partial charge in [-0.1, -0.05) is 6.07 Å². The molecule has 17 heteroatoms. The van der Waals surface area contributed by atoms with Crippen LogP contribution in [-0.2, 0) is 19.5 Å². The number of rotatable bonds is 7. The number of nitrogens with one attached hydrogen (secondary N) is 1. The van der Waals surface area contributed by atoms with Gasteiger partial charge in [0.05, 0.1) is 23.1 Å². The van der Waals surface area contributed by atoms with Crippen molar-refractivity contribution in [3.63, 3.8) is 0 Å². The smallest absolute Gasteiger partial charge is 0.744 e. The maximum atomic E-state index is 11.5. The van der Waals surface area contributed by atoms with Gasteiger partial charge in [0.2, 0.25) is 0 Å². The van der Waals surface area contributed by atoms with Crippen LogP contribution in [0.15, 0.2) is 50.5 Å². The Kier molecular flexibility index (Phi) is 10.5. The number of azo groups is 1. The number of hydrogen-bond donors (Lipinski definition) is 3. The van der Waals surface area contributed by atoms with E-state index >= 15 is 0 Å². The molecule has 1 aromatic heterocycles. The minimum Gasteiger partial charge on any atom is -0.744 e. The minimum atomic E-state index is -5.10. The molecule has 3 N–H and O–H groups in total. The van der Waals surface area contributed by atoms with Gasteiger partial charge in [-0.3, -0.25) is 10.1 Å². The number of carboxylic acid groups (broad SMARTS) is 1. The van der Waals surface area contributed by atoms with Gasteiger partial charge in [0.15, 0.2) is 11.6 Å². The van der Waals surface area contributed by atoms with Gasteiger partial charge >= 0.3 is 65.1 Å². The predicted octanol–water partition coefficient (Wildman–Crippen LogP) is -4.48. The monoisotopic (exact) mass is 486 g/mol. The average Bonchev–Trinajstić information content (AvgIpc) is 3.13. The molecule has 0 aliphatic rings. The van der Waals surface area contributed by atoms with E-state index in [1.54, 1.807) is 0 Å². The Labute approximate surface area is 222 Å². The summed E-state index contributed by atoms with van der Waals surface area (Å²) >= 11 is 0.518. The predicted molar refractivity (Wildman–Crippen MR) is 91.3 cm³/mol. The zero-order valence-corrected chi connectivity index (χ0v) is 21.4. The van der Waals surface area contributed by atoms with Crippen LogP contribution in [0.25, 0.3) is 10.8 Å². The summed E-state index contributed by atoms with van der Waals surface area (Å²) in [6.07, 6.45) is 0.981. The molecular formula is C14H8N4Na2O9S2. The number of carboxylic acids is 1. The largest absolute Gasteiger partial charge is 1.00 e. The number of H-pyrrole nitrogens is 1. The van der Waals surface area contributed by atoms with Crippen molar-refractivity contribution in [2.45, 2.75) is 9.79 Å². The van der Waals surface area contributed by atoms with E-state index < -0.39 is 32.4 Å². The molecule has 13 nitrogen and oxygen atoms in total. The summed E-state index contributed by atoms with van der Waals surface area (Å²) in [5.41, 5.74) is -0.723. The second-order valence-electron chi connectivity index (χ2n) is 5.27. The molecule has 1 heterocycles. The van der Waals surface area contributed by atoms with Crippen molar-refractivity contribution in [2.24, 2.45) is 10.2 Å². The molecule has 0 unspecified atom stereocenters.